The third-order valence-corrected chi connectivity index (χ3v) is 7.16. The number of carbonyl (C=O) groups is 2. The summed E-state index contributed by atoms with van der Waals surface area (Å²) in [5.74, 6) is -0.587. The molecule has 1 aliphatic carbocycles. The number of hydrogen-bond acceptors (Lipinski definition) is 4. The summed E-state index contributed by atoms with van der Waals surface area (Å²) in [6.07, 6.45) is 0.261. The molecule has 8 heteroatoms. The van der Waals surface area contributed by atoms with Gasteiger partial charge in [0.15, 0.2) is 5.78 Å². The highest BCUT2D eigenvalue weighted by Gasteiger charge is 2.28. The molecule has 0 fully saturated rings. The van der Waals surface area contributed by atoms with Crippen molar-refractivity contribution in [2.45, 2.75) is 24.3 Å². The van der Waals surface area contributed by atoms with Crippen molar-refractivity contribution >= 4 is 43.3 Å². The van der Waals surface area contributed by atoms with Crippen LogP contribution in [0.1, 0.15) is 29.3 Å². The van der Waals surface area contributed by atoms with Gasteiger partial charge in [-0.15, -0.1) is 0 Å². The first-order valence-corrected chi connectivity index (χ1v) is 11.9. The first kappa shape index (κ1) is 21.4. The molecule has 1 aliphatic rings. The van der Waals surface area contributed by atoms with Crippen LogP contribution in [0.5, 0.6) is 0 Å². The summed E-state index contributed by atoms with van der Waals surface area (Å²) in [6.45, 7) is 1.72. The summed E-state index contributed by atoms with van der Waals surface area (Å²) in [6, 6.07) is 17.7. The summed E-state index contributed by atoms with van der Waals surface area (Å²) in [4.78, 5) is 25.5. The Morgan fingerprint density at radius 1 is 0.935 bits per heavy atom. The van der Waals surface area contributed by atoms with Crippen LogP contribution >= 0.6 is 15.9 Å². The number of benzene rings is 3. The molecule has 6 nitrogen and oxygen atoms in total. The van der Waals surface area contributed by atoms with E-state index >= 15 is 0 Å². The summed E-state index contributed by atoms with van der Waals surface area (Å²) in [5.41, 5.74) is 3.28. The first-order chi connectivity index (χ1) is 14.8. The molecule has 31 heavy (non-hydrogen) atoms. The van der Waals surface area contributed by atoms with Crippen molar-refractivity contribution in [2.24, 2.45) is 0 Å². The van der Waals surface area contributed by atoms with Gasteiger partial charge in [0.05, 0.1) is 4.90 Å². The Morgan fingerprint density at radius 2 is 1.58 bits per heavy atom. The van der Waals surface area contributed by atoms with Crippen LogP contribution in [-0.2, 0) is 14.8 Å². The van der Waals surface area contributed by atoms with E-state index in [-0.39, 0.29) is 17.1 Å². The fourth-order valence-corrected chi connectivity index (χ4v) is 5.07. The average molecular weight is 499 g/mol. The predicted molar refractivity (Wildman–Crippen MR) is 122 cm³/mol. The Bertz CT molecular complexity index is 1290. The van der Waals surface area contributed by atoms with E-state index in [1.54, 1.807) is 43.3 Å². The number of nitrogens with one attached hydrogen (secondary N) is 2. The second-order valence-corrected chi connectivity index (χ2v) is 9.79. The van der Waals surface area contributed by atoms with Gasteiger partial charge in [0, 0.05) is 21.3 Å². The van der Waals surface area contributed by atoms with E-state index in [0.29, 0.717) is 16.8 Å². The number of sulfonamides is 1. The summed E-state index contributed by atoms with van der Waals surface area (Å²) < 4.78 is 28.5. The van der Waals surface area contributed by atoms with Gasteiger partial charge in [-0.25, -0.2) is 8.42 Å². The predicted octanol–water partition coefficient (Wildman–Crippen LogP) is 4.36. The third kappa shape index (κ3) is 4.19. The van der Waals surface area contributed by atoms with Crippen molar-refractivity contribution < 1.29 is 18.0 Å². The maximum Gasteiger partial charge on any atom is 0.242 e. The van der Waals surface area contributed by atoms with Crippen LogP contribution in [0.25, 0.3) is 11.1 Å². The Morgan fingerprint density at radius 3 is 2.26 bits per heavy atom. The van der Waals surface area contributed by atoms with Crippen molar-refractivity contribution in [1.82, 2.24) is 4.72 Å². The minimum atomic E-state index is -3.87. The molecule has 2 N–H and O–H groups in total. The number of hydrogen-bond donors (Lipinski definition) is 2. The minimum absolute atomic E-state index is 0.0721. The Hall–Kier alpha value is -2.81. The van der Waals surface area contributed by atoms with Crippen molar-refractivity contribution in [3.05, 3.63) is 82.3 Å². The Balaban J connectivity index is 1.52. The normalized spacial score (nSPS) is 13.4. The number of amides is 1. The maximum atomic E-state index is 12.8. The molecule has 0 aliphatic heterocycles. The van der Waals surface area contributed by atoms with E-state index < -0.39 is 22.0 Å². The van der Waals surface area contributed by atoms with E-state index in [4.69, 9.17) is 0 Å². The maximum absolute atomic E-state index is 12.8. The smallest absolute Gasteiger partial charge is 0.242 e. The Labute approximate surface area is 188 Å². The lowest BCUT2D eigenvalue weighted by molar-refractivity contribution is -0.117. The molecule has 0 bridgehead atoms. The van der Waals surface area contributed by atoms with Gasteiger partial charge in [-0.3, -0.25) is 9.59 Å². The second-order valence-electron chi connectivity index (χ2n) is 7.16. The highest BCUT2D eigenvalue weighted by atomic mass is 79.9. The number of anilines is 1. The van der Waals surface area contributed by atoms with Crippen LogP contribution in [0.15, 0.2) is 76.1 Å². The molecule has 0 heterocycles. The lowest BCUT2D eigenvalue weighted by Gasteiger charge is -2.17. The zero-order valence-electron chi connectivity index (χ0n) is 16.6. The fraction of sp³-hybridized carbons (Fsp3) is 0.130. The summed E-state index contributed by atoms with van der Waals surface area (Å²) >= 11 is 3.27. The minimum Gasteiger partial charge on any atom is -0.325 e. The van der Waals surface area contributed by atoms with Gasteiger partial charge in [0.1, 0.15) is 6.04 Å². The van der Waals surface area contributed by atoms with E-state index in [0.717, 1.165) is 15.6 Å². The second kappa shape index (κ2) is 8.37. The van der Waals surface area contributed by atoms with E-state index in [1.165, 1.54) is 12.1 Å². The molecule has 4 rings (SSSR count). The van der Waals surface area contributed by atoms with Gasteiger partial charge in [-0.05, 0) is 53.9 Å². The molecule has 158 valence electrons. The molecule has 0 aromatic heterocycles. The van der Waals surface area contributed by atoms with E-state index in [1.807, 2.05) is 18.2 Å². The molecule has 1 atom stereocenters. The number of ketones is 1. The van der Waals surface area contributed by atoms with E-state index in [2.05, 4.69) is 26.0 Å². The lowest BCUT2D eigenvalue weighted by Crippen LogP contribution is -2.43. The zero-order valence-corrected chi connectivity index (χ0v) is 19.0. The molecule has 0 radical (unpaired) electrons. The average Bonchev–Trinajstić information content (AvgIpc) is 3.04. The van der Waals surface area contributed by atoms with Crippen LogP contribution in [-0.4, -0.2) is 26.2 Å². The van der Waals surface area contributed by atoms with E-state index in [9.17, 15) is 18.0 Å². The number of rotatable bonds is 6. The third-order valence-electron chi connectivity index (χ3n) is 5.14. The first-order valence-electron chi connectivity index (χ1n) is 9.67. The van der Waals surface area contributed by atoms with Gasteiger partial charge in [-0.1, -0.05) is 53.2 Å². The fourth-order valence-electron chi connectivity index (χ4n) is 3.53. The number of carbonyl (C=O) groups excluding carboxylic acids is 2. The van der Waals surface area contributed by atoms with Gasteiger partial charge in [-0.2, -0.15) is 4.72 Å². The molecule has 3 aromatic rings. The molecule has 3 aromatic carbocycles. The van der Waals surface area contributed by atoms with Crippen LogP contribution in [0, 0.1) is 0 Å². The van der Waals surface area contributed by atoms with Gasteiger partial charge >= 0.3 is 0 Å². The zero-order chi connectivity index (χ0) is 22.2. The molecule has 1 unspecified atom stereocenters. The van der Waals surface area contributed by atoms with Gasteiger partial charge in [0.2, 0.25) is 15.9 Å². The molecular weight excluding hydrogens is 480 g/mol. The van der Waals surface area contributed by atoms with Gasteiger partial charge in [0.25, 0.3) is 0 Å². The van der Waals surface area contributed by atoms with Crippen LogP contribution in [0.3, 0.4) is 0 Å². The number of halogens is 1. The number of fused-ring (bicyclic) bond motifs is 3. The SMILES string of the molecule is CCC(NS(=O)(=O)c1ccc(Br)cc1)C(=O)Nc1ccc2c(c1)C(=O)c1ccccc1-2. The van der Waals surface area contributed by atoms with Crippen LogP contribution in [0.2, 0.25) is 0 Å². The summed E-state index contributed by atoms with van der Waals surface area (Å²) in [5, 5.41) is 2.73. The van der Waals surface area contributed by atoms with Crippen molar-refractivity contribution in [2.75, 3.05) is 5.32 Å². The highest BCUT2D eigenvalue weighted by molar-refractivity contribution is 9.10. The monoisotopic (exact) mass is 498 g/mol. The largest absolute Gasteiger partial charge is 0.325 e. The highest BCUT2D eigenvalue weighted by Crippen LogP contribution is 2.37. The van der Waals surface area contributed by atoms with Crippen molar-refractivity contribution in [1.29, 1.82) is 0 Å². The molecular formula is C23H19BrN2O4S. The van der Waals surface area contributed by atoms with Crippen molar-refractivity contribution in [3.8, 4) is 11.1 Å². The van der Waals surface area contributed by atoms with Crippen LogP contribution in [0.4, 0.5) is 5.69 Å². The van der Waals surface area contributed by atoms with Crippen LogP contribution < -0.4 is 10.0 Å². The topological polar surface area (TPSA) is 92.3 Å². The molecule has 1 amide bonds. The summed E-state index contributed by atoms with van der Waals surface area (Å²) in [7, 11) is -3.87. The van der Waals surface area contributed by atoms with Gasteiger partial charge < -0.3 is 5.32 Å². The lowest BCUT2D eigenvalue weighted by atomic mass is 10.1. The van der Waals surface area contributed by atoms with Crippen molar-refractivity contribution in [3.63, 3.8) is 0 Å². The quantitative estimate of drug-likeness (QED) is 0.413. The molecule has 0 spiro atoms. The molecule has 0 saturated heterocycles. The molecule has 0 saturated carbocycles. The standard InChI is InChI=1S/C23H19BrN2O4S/c1-2-21(26-31(29,30)16-10-7-14(24)8-11-16)23(28)25-15-9-12-18-17-5-3-4-6-19(17)22(27)20(18)13-15/h3-13,21,26H,2H2,1H3,(H,25,28). The Kier molecular flexibility index (Phi) is 5.79.